The summed E-state index contributed by atoms with van der Waals surface area (Å²) in [6.07, 6.45) is 0.747. The number of benzene rings is 1. The van der Waals surface area contributed by atoms with Gasteiger partial charge < -0.3 is 4.43 Å². The molecule has 1 aromatic rings. The second-order valence-corrected chi connectivity index (χ2v) is 14.5. The normalized spacial score (nSPS) is 23.3. The van der Waals surface area contributed by atoms with Crippen LogP contribution in [0.25, 0.3) is 0 Å². The molecule has 0 bridgehead atoms. The van der Waals surface area contributed by atoms with Crippen LogP contribution in [0.15, 0.2) is 18.2 Å². The zero-order chi connectivity index (χ0) is 19.2. The molecule has 0 amide bonds. The van der Waals surface area contributed by atoms with Gasteiger partial charge in [0.2, 0.25) is 0 Å². The average molecular weight is 370 g/mol. The quantitative estimate of drug-likeness (QED) is 0.615. The molecule has 0 aliphatic carbocycles. The molecule has 1 saturated heterocycles. The van der Waals surface area contributed by atoms with Crippen molar-refractivity contribution in [3.8, 4) is 0 Å². The molecule has 1 aliphatic rings. The summed E-state index contributed by atoms with van der Waals surface area (Å²) in [5, 5.41) is 0.127. The molecular weight excluding hydrogens is 336 g/mol. The molecule has 25 heavy (non-hydrogen) atoms. The van der Waals surface area contributed by atoms with E-state index in [0.29, 0.717) is 12.0 Å². The van der Waals surface area contributed by atoms with Crippen LogP contribution in [0.1, 0.15) is 59.6 Å². The van der Waals surface area contributed by atoms with Gasteiger partial charge in [-0.15, -0.1) is 0 Å². The Kier molecular flexibility index (Phi) is 5.54. The van der Waals surface area contributed by atoms with Crippen molar-refractivity contribution in [1.82, 2.24) is 4.90 Å². The summed E-state index contributed by atoms with van der Waals surface area (Å²) in [5.74, 6) is -0.729. The first-order valence-corrected chi connectivity index (χ1v) is 12.0. The third kappa shape index (κ3) is 4.50. The second kappa shape index (κ2) is 6.75. The van der Waals surface area contributed by atoms with E-state index in [0.717, 1.165) is 6.54 Å². The fraction of sp³-hybridized carbons (Fsp3) is 0.700. The number of hydrogen-bond donors (Lipinski definition) is 0. The lowest BCUT2D eigenvalue weighted by Crippen LogP contribution is -2.46. The first kappa shape index (κ1) is 20.5. The summed E-state index contributed by atoms with van der Waals surface area (Å²) >= 11 is 0. The molecule has 2 atom stereocenters. The third-order valence-electron chi connectivity index (χ3n) is 5.71. The van der Waals surface area contributed by atoms with Gasteiger partial charge in [-0.25, -0.2) is 8.78 Å². The van der Waals surface area contributed by atoms with Crippen molar-refractivity contribution in [1.29, 1.82) is 0 Å². The van der Waals surface area contributed by atoms with Crippen molar-refractivity contribution in [3.05, 3.63) is 35.4 Å². The van der Waals surface area contributed by atoms with Crippen LogP contribution in [0.3, 0.4) is 0 Å². The highest BCUT2D eigenvalue weighted by molar-refractivity contribution is 6.74. The summed E-state index contributed by atoms with van der Waals surface area (Å²) in [6.45, 7) is 18.2. The van der Waals surface area contributed by atoms with E-state index >= 15 is 0 Å². The fourth-order valence-corrected chi connectivity index (χ4v) is 4.64. The third-order valence-corrected chi connectivity index (χ3v) is 10.2. The molecule has 0 spiro atoms. The molecule has 1 aromatic carbocycles. The van der Waals surface area contributed by atoms with E-state index in [1.165, 1.54) is 18.2 Å². The summed E-state index contributed by atoms with van der Waals surface area (Å²) in [4.78, 5) is 2.25. The lowest BCUT2D eigenvalue weighted by molar-refractivity contribution is 0.105. The molecule has 1 aliphatic heterocycles. The number of likely N-dealkylation sites (tertiary alicyclic amines) is 1. The van der Waals surface area contributed by atoms with E-state index in [-0.39, 0.29) is 34.4 Å². The van der Waals surface area contributed by atoms with Gasteiger partial charge >= 0.3 is 0 Å². The van der Waals surface area contributed by atoms with E-state index in [2.05, 4.69) is 59.5 Å². The zero-order valence-electron chi connectivity index (χ0n) is 16.9. The predicted octanol–water partition coefficient (Wildman–Crippen LogP) is 5.90. The molecule has 0 radical (unpaired) electrons. The van der Waals surface area contributed by atoms with Crippen LogP contribution in [0.4, 0.5) is 8.78 Å². The van der Waals surface area contributed by atoms with Crippen LogP contribution in [-0.4, -0.2) is 31.4 Å². The van der Waals surface area contributed by atoms with Crippen molar-refractivity contribution in [2.75, 3.05) is 6.54 Å². The largest absolute Gasteiger partial charge is 0.413 e. The molecule has 2 nitrogen and oxygen atoms in total. The molecule has 142 valence electrons. The molecule has 1 fully saturated rings. The van der Waals surface area contributed by atoms with Gasteiger partial charge in [0.25, 0.3) is 0 Å². The minimum absolute atomic E-state index is 0.0489. The first-order valence-electron chi connectivity index (χ1n) is 9.12. The van der Waals surface area contributed by atoms with Gasteiger partial charge in [0.1, 0.15) is 11.6 Å². The molecule has 0 aromatic heterocycles. The maximum absolute atomic E-state index is 14.4. The Morgan fingerprint density at radius 1 is 1.08 bits per heavy atom. The van der Waals surface area contributed by atoms with Crippen molar-refractivity contribution >= 4 is 8.32 Å². The van der Waals surface area contributed by atoms with Crippen molar-refractivity contribution in [3.63, 3.8) is 0 Å². The Morgan fingerprint density at radius 2 is 1.68 bits per heavy atom. The van der Waals surface area contributed by atoms with Crippen LogP contribution < -0.4 is 0 Å². The topological polar surface area (TPSA) is 12.5 Å². The van der Waals surface area contributed by atoms with E-state index in [4.69, 9.17) is 4.43 Å². The minimum Gasteiger partial charge on any atom is -0.413 e. The number of rotatable bonds is 3. The summed E-state index contributed by atoms with van der Waals surface area (Å²) in [6, 6.07) is 3.59. The molecule has 2 rings (SSSR count). The van der Waals surface area contributed by atoms with E-state index in [9.17, 15) is 8.78 Å². The van der Waals surface area contributed by atoms with Crippen molar-refractivity contribution in [2.24, 2.45) is 0 Å². The second-order valence-electron chi connectivity index (χ2n) is 9.74. The summed E-state index contributed by atoms with van der Waals surface area (Å²) in [7, 11) is -1.91. The Morgan fingerprint density at radius 3 is 2.20 bits per heavy atom. The highest BCUT2D eigenvalue weighted by Crippen LogP contribution is 2.43. The lowest BCUT2D eigenvalue weighted by Gasteiger charge is -2.39. The standard InChI is InChI=1S/C20H33F2NOSi/c1-19(2,3)23-13-15(24-25(7,8)20(4,5)6)12-18(23)16-11-14(21)9-10-17(16)22/h9-11,15,18H,12-13H2,1-8H3/t15-,18?/m1/s1. The van der Waals surface area contributed by atoms with E-state index in [1.807, 2.05) is 0 Å². The SMILES string of the molecule is CC(C)(C)N1C[C@H](O[Si](C)(C)C(C)(C)C)CC1c1cc(F)ccc1F. The Bertz CT molecular complexity index is 619. The number of halogens is 2. The van der Waals surface area contributed by atoms with Crippen LogP contribution in [0, 0.1) is 11.6 Å². The Labute approximate surface area is 152 Å². The lowest BCUT2D eigenvalue weighted by atomic mass is 9.98. The summed E-state index contributed by atoms with van der Waals surface area (Å²) in [5.41, 5.74) is 0.297. The van der Waals surface area contributed by atoms with Gasteiger partial charge in [-0.3, -0.25) is 4.90 Å². The van der Waals surface area contributed by atoms with Gasteiger partial charge in [0.15, 0.2) is 8.32 Å². The van der Waals surface area contributed by atoms with Crippen molar-refractivity contribution in [2.45, 2.75) is 83.8 Å². The number of hydrogen-bond acceptors (Lipinski definition) is 2. The summed E-state index contributed by atoms with van der Waals surface area (Å²) < 4.78 is 34.7. The monoisotopic (exact) mass is 369 g/mol. The van der Waals surface area contributed by atoms with Gasteiger partial charge in [0.05, 0.1) is 6.10 Å². The highest BCUT2D eigenvalue weighted by Gasteiger charge is 2.45. The number of nitrogens with zero attached hydrogens (tertiary/aromatic N) is 1. The first-order chi connectivity index (χ1) is 11.2. The van der Waals surface area contributed by atoms with Gasteiger partial charge in [0, 0.05) is 23.7 Å². The van der Waals surface area contributed by atoms with E-state index < -0.39 is 8.32 Å². The zero-order valence-corrected chi connectivity index (χ0v) is 17.9. The van der Waals surface area contributed by atoms with Gasteiger partial charge in [-0.05, 0) is 63.5 Å². The van der Waals surface area contributed by atoms with Crippen LogP contribution >= 0.6 is 0 Å². The Balaban J connectivity index is 2.32. The Hall–Kier alpha value is -0.783. The molecule has 1 unspecified atom stereocenters. The predicted molar refractivity (Wildman–Crippen MR) is 102 cm³/mol. The smallest absolute Gasteiger partial charge is 0.192 e. The molecule has 1 heterocycles. The van der Waals surface area contributed by atoms with E-state index in [1.54, 1.807) is 0 Å². The fourth-order valence-electron chi connectivity index (χ4n) is 3.28. The van der Waals surface area contributed by atoms with Gasteiger partial charge in [-0.2, -0.15) is 0 Å². The van der Waals surface area contributed by atoms with Crippen LogP contribution in [0.2, 0.25) is 18.1 Å². The van der Waals surface area contributed by atoms with Crippen LogP contribution in [-0.2, 0) is 4.43 Å². The maximum Gasteiger partial charge on any atom is 0.192 e. The molecule has 0 saturated carbocycles. The minimum atomic E-state index is -1.91. The molecule has 0 N–H and O–H groups in total. The van der Waals surface area contributed by atoms with Gasteiger partial charge in [-0.1, -0.05) is 20.8 Å². The van der Waals surface area contributed by atoms with Crippen LogP contribution in [0.5, 0.6) is 0 Å². The molecule has 5 heteroatoms. The maximum atomic E-state index is 14.4. The van der Waals surface area contributed by atoms with Crippen molar-refractivity contribution < 1.29 is 13.2 Å². The highest BCUT2D eigenvalue weighted by atomic mass is 28.4. The molecular formula is C20H33F2NOSi. The average Bonchev–Trinajstić information content (AvgIpc) is 2.83.